The molecule has 22 heavy (non-hydrogen) atoms. The number of carbonyl (C=O) groups is 2. The van der Waals surface area contributed by atoms with Gasteiger partial charge in [-0.25, -0.2) is 0 Å². The molecule has 1 atom stereocenters. The first-order valence-corrected chi connectivity index (χ1v) is 8.57. The molecule has 1 saturated carbocycles. The highest BCUT2D eigenvalue weighted by molar-refractivity contribution is 5.83. The van der Waals surface area contributed by atoms with Gasteiger partial charge in [-0.3, -0.25) is 14.5 Å². The molecule has 1 aliphatic heterocycles. The molecule has 1 unspecified atom stereocenters. The topological polar surface area (TPSA) is 64.7 Å². The maximum absolute atomic E-state index is 12.3. The minimum absolute atomic E-state index is 0.0440. The van der Waals surface area contributed by atoms with E-state index in [1.165, 1.54) is 19.3 Å². The third-order valence-electron chi connectivity index (χ3n) is 4.85. The Morgan fingerprint density at radius 2 is 1.86 bits per heavy atom. The Kier molecular flexibility index (Phi) is 6.64. The van der Waals surface area contributed by atoms with Crippen molar-refractivity contribution in [1.82, 2.24) is 20.4 Å². The van der Waals surface area contributed by atoms with Crippen molar-refractivity contribution in [3.8, 4) is 0 Å². The number of nitrogens with zero attached hydrogens (tertiary/aromatic N) is 2. The number of hydrogen-bond donors (Lipinski definition) is 2. The van der Waals surface area contributed by atoms with E-state index in [9.17, 15) is 9.59 Å². The lowest BCUT2D eigenvalue weighted by Gasteiger charge is -2.31. The van der Waals surface area contributed by atoms with Crippen LogP contribution in [0.25, 0.3) is 0 Å². The van der Waals surface area contributed by atoms with Gasteiger partial charge in [-0.15, -0.1) is 0 Å². The van der Waals surface area contributed by atoms with E-state index in [1.54, 1.807) is 0 Å². The minimum atomic E-state index is -0.270. The average molecular weight is 310 g/mol. The molecule has 2 aliphatic rings. The Hall–Kier alpha value is -1.14. The van der Waals surface area contributed by atoms with E-state index in [-0.39, 0.29) is 17.9 Å². The quantitative estimate of drug-likeness (QED) is 0.761. The molecule has 2 amide bonds. The van der Waals surface area contributed by atoms with Crippen molar-refractivity contribution in [2.75, 3.05) is 39.8 Å². The summed E-state index contributed by atoms with van der Waals surface area (Å²) in [6.45, 7) is 5.41. The SMILES string of the molecule is CC(C(=O)NC1CCCCC1)N(C)CC(=O)N1CCNCC1. The number of piperazine rings is 1. The van der Waals surface area contributed by atoms with Gasteiger partial charge in [0.25, 0.3) is 0 Å². The van der Waals surface area contributed by atoms with E-state index in [4.69, 9.17) is 0 Å². The predicted molar refractivity (Wildman–Crippen MR) is 86.6 cm³/mol. The van der Waals surface area contributed by atoms with Crippen LogP contribution in [-0.4, -0.2) is 73.5 Å². The van der Waals surface area contributed by atoms with Crippen molar-refractivity contribution in [2.45, 2.75) is 51.1 Å². The van der Waals surface area contributed by atoms with Gasteiger partial charge >= 0.3 is 0 Å². The van der Waals surface area contributed by atoms with Crippen LogP contribution >= 0.6 is 0 Å². The van der Waals surface area contributed by atoms with Gasteiger partial charge < -0.3 is 15.5 Å². The third kappa shape index (κ3) is 4.95. The maximum Gasteiger partial charge on any atom is 0.237 e. The second-order valence-corrected chi connectivity index (χ2v) is 6.57. The zero-order valence-electron chi connectivity index (χ0n) is 13.9. The standard InChI is InChI=1S/C16H30N4O2/c1-13(16(22)18-14-6-4-3-5-7-14)19(2)12-15(21)20-10-8-17-9-11-20/h13-14,17H,3-12H2,1-2H3,(H,18,22). The first-order chi connectivity index (χ1) is 10.6. The number of carbonyl (C=O) groups excluding carboxylic acids is 2. The van der Waals surface area contributed by atoms with Crippen molar-refractivity contribution >= 4 is 11.8 Å². The Labute approximate surface area is 133 Å². The zero-order valence-corrected chi connectivity index (χ0v) is 13.9. The van der Waals surface area contributed by atoms with Crippen molar-refractivity contribution in [3.05, 3.63) is 0 Å². The molecule has 0 spiro atoms. The Bertz CT molecular complexity index is 376. The summed E-state index contributed by atoms with van der Waals surface area (Å²) in [5.41, 5.74) is 0. The lowest BCUT2D eigenvalue weighted by Crippen LogP contribution is -2.52. The molecule has 2 N–H and O–H groups in total. The van der Waals surface area contributed by atoms with Gasteiger partial charge in [-0.2, -0.15) is 0 Å². The van der Waals surface area contributed by atoms with Crippen LogP contribution in [0.4, 0.5) is 0 Å². The summed E-state index contributed by atoms with van der Waals surface area (Å²) in [6, 6.07) is 0.0507. The zero-order chi connectivity index (χ0) is 15.9. The number of likely N-dealkylation sites (N-methyl/N-ethyl adjacent to an activating group) is 1. The van der Waals surface area contributed by atoms with Crippen molar-refractivity contribution in [2.24, 2.45) is 0 Å². The van der Waals surface area contributed by atoms with Crippen molar-refractivity contribution < 1.29 is 9.59 Å². The van der Waals surface area contributed by atoms with Gasteiger partial charge in [0.05, 0.1) is 12.6 Å². The van der Waals surface area contributed by atoms with E-state index in [2.05, 4.69) is 10.6 Å². The molecule has 0 aromatic rings. The van der Waals surface area contributed by atoms with E-state index >= 15 is 0 Å². The molecule has 1 aliphatic carbocycles. The fourth-order valence-corrected chi connectivity index (χ4v) is 3.13. The molecule has 126 valence electrons. The third-order valence-corrected chi connectivity index (χ3v) is 4.85. The van der Waals surface area contributed by atoms with E-state index in [1.807, 2.05) is 23.8 Å². The highest BCUT2D eigenvalue weighted by atomic mass is 16.2. The normalized spacial score (nSPS) is 21.7. The van der Waals surface area contributed by atoms with Gasteiger partial charge in [0.1, 0.15) is 0 Å². The molecule has 0 bridgehead atoms. The summed E-state index contributed by atoms with van der Waals surface area (Å²) in [6.07, 6.45) is 5.86. The molecule has 2 fully saturated rings. The second kappa shape index (κ2) is 8.48. The molecule has 0 aromatic carbocycles. The van der Waals surface area contributed by atoms with Crippen LogP contribution in [0.2, 0.25) is 0 Å². The van der Waals surface area contributed by atoms with Crippen LogP contribution < -0.4 is 10.6 Å². The summed E-state index contributed by atoms with van der Waals surface area (Å²) in [7, 11) is 1.85. The molecular weight excluding hydrogens is 280 g/mol. The molecule has 2 rings (SSSR count). The molecule has 0 radical (unpaired) electrons. The number of rotatable bonds is 5. The van der Waals surface area contributed by atoms with Crippen LogP contribution in [0, 0.1) is 0 Å². The van der Waals surface area contributed by atoms with Gasteiger partial charge in [-0.05, 0) is 26.8 Å². The summed E-state index contributed by atoms with van der Waals surface area (Å²) < 4.78 is 0. The monoisotopic (exact) mass is 310 g/mol. The highest BCUT2D eigenvalue weighted by Crippen LogP contribution is 2.17. The molecule has 6 nitrogen and oxygen atoms in total. The summed E-state index contributed by atoms with van der Waals surface area (Å²) in [5, 5.41) is 6.37. The lowest BCUT2D eigenvalue weighted by atomic mass is 9.95. The van der Waals surface area contributed by atoms with Crippen LogP contribution in [0.15, 0.2) is 0 Å². The summed E-state index contributed by atoms with van der Waals surface area (Å²) in [4.78, 5) is 28.3. The molecule has 1 saturated heterocycles. The van der Waals surface area contributed by atoms with Gasteiger partial charge in [0.15, 0.2) is 0 Å². The highest BCUT2D eigenvalue weighted by Gasteiger charge is 2.25. The summed E-state index contributed by atoms with van der Waals surface area (Å²) >= 11 is 0. The first-order valence-electron chi connectivity index (χ1n) is 8.57. The van der Waals surface area contributed by atoms with Crippen LogP contribution in [0.1, 0.15) is 39.0 Å². The predicted octanol–water partition coefficient (Wildman–Crippen LogP) is 0.187. The van der Waals surface area contributed by atoms with Gasteiger partial charge in [0.2, 0.25) is 11.8 Å². The van der Waals surface area contributed by atoms with E-state index < -0.39 is 0 Å². The van der Waals surface area contributed by atoms with E-state index in [0.29, 0.717) is 12.6 Å². The second-order valence-electron chi connectivity index (χ2n) is 6.57. The Morgan fingerprint density at radius 1 is 1.23 bits per heavy atom. The maximum atomic E-state index is 12.3. The summed E-state index contributed by atoms with van der Waals surface area (Å²) in [5.74, 6) is 0.156. The van der Waals surface area contributed by atoms with Crippen LogP contribution in [0.3, 0.4) is 0 Å². The van der Waals surface area contributed by atoms with Crippen LogP contribution in [0.5, 0.6) is 0 Å². The number of nitrogens with one attached hydrogen (secondary N) is 2. The van der Waals surface area contributed by atoms with Crippen molar-refractivity contribution in [3.63, 3.8) is 0 Å². The number of hydrogen-bond acceptors (Lipinski definition) is 4. The van der Waals surface area contributed by atoms with Crippen molar-refractivity contribution in [1.29, 1.82) is 0 Å². The Balaban J connectivity index is 1.76. The molecule has 6 heteroatoms. The first kappa shape index (κ1) is 17.2. The lowest BCUT2D eigenvalue weighted by molar-refractivity contribution is -0.134. The van der Waals surface area contributed by atoms with Gasteiger partial charge in [-0.1, -0.05) is 19.3 Å². The molecule has 1 heterocycles. The number of amides is 2. The minimum Gasteiger partial charge on any atom is -0.352 e. The smallest absolute Gasteiger partial charge is 0.237 e. The van der Waals surface area contributed by atoms with E-state index in [0.717, 1.165) is 39.0 Å². The fraction of sp³-hybridized carbons (Fsp3) is 0.875. The largest absolute Gasteiger partial charge is 0.352 e. The average Bonchev–Trinajstić information content (AvgIpc) is 2.55. The van der Waals surface area contributed by atoms with Gasteiger partial charge in [0, 0.05) is 32.2 Å². The molecular formula is C16H30N4O2. The van der Waals surface area contributed by atoms with Crippen LogP contribution in [-0.2, 0) is 9.59 Å². The fourth-order valence-electron chi connectivity index (χ4n) is 3.13. The Morgan fingerprint density at radius 3 is 2.50 bits per heavy atom. The molecule has 0 aromatic heterocycles.